The Hall–Kier alpha value is -1.55. The molecular formula is C17H25NO3. The summed E-state index contributed by atoms with van der Waals surface area (Å²) < 4.78 is 5.16. The first kappa shape index (κ1) is 15.8. The molecule has 1 atom stereocenters. The molecule has 0 heterocycles. The van der Waals surface area contributed by atoms with Gasteiger partial charge in [0.2, 0.25) is 0 Å². The van der Waals surface area contributed by atoms with E-state index in [1.807, 2.05) is 12.1 Å². The Bertz CT molecular complexity index is 450. The summed E-state index contributed by atoms with van der Waals surface area (Å²) in [5, 5.41) is 12.6. The van der Waals surface area contributed by atoms with Crippen molar-refractivity contribution in [3.8, 4) is 5.75 Å². The zero-order valence-corrected chi connectivity index (χ0v) is 12.8. The molecule has 1 fully saturated rings. The van der Waals surface area contributed by atoms with Crippen LogP contribution in [0.2, 0.25) is 0 Å². The van der Waals surface area contributed by atoms with Crippen molar-refractivity contribution in [2.45, 2.75) is 51.1 Å². The van der Waals surface area contributed by atoms with Crippen LogP contribution in [0.4, 0.5) is 0 Å². The minimum absolute atomic E-state index is 0.139. The van der Waals surface area contributed by atoms with Crippen LogP contribution in [0.15, 0.2) is 24.3 Å². The molecule has 1 saturated carbocycles. The van der Waals surface area contributed by atoms with Crippen molar-refractivity contribution < 1.29 is 14.6 Å². The molecule has 2 N–H and O–H groups in total. The zero-order valence-electron chi connectivity index (χ0n) is 12.8. The number of benzene rings is 1. The number of methoxy groups -OCH3 is 1. The SMILES string of the molecule is COc1ccc(CC(C)NC2CCC(C(=O)O)CC2)cc1. The van der Waals surface area contributed by atoms with Crippen molar-refractivity contribution in [2.24, 2.45) is 5.92 Å². The van der Waals surface area contributed by atoms with E-state index in [1.165, 1.54) is 5.56 Å². The summed E-state index contributed by atoms with van der Waals surface area (Å²) in [6.45, 7) is 2.19. The molecule has 1 aromatic rings. The second-order valence-electron chi connectivity index (χ2n) is 6.01. The molecule has 4 heteroatoms. The van der Waals surface area contributed by atoms with Crippen molar-refractivity contribution in [3.05, 3.63) is 29.8 Å². The fraction of sp³-hybridized carbons (Fsp3) is 0.588. The van der Waals surface area contributed by atoms with Crippen molar-refractivity contribution in [3.63, 3.8) is 0 Å². The van der Waals surface area contributed by atoms with E-state index in [9.17, 15) is 4.79 Å². The minimum atomic E-state index is -0.639. The summed E-state index contributed by atoms with van der Waals surface area (Å²) in [6.07, 6.45) is 4.49. The summed E-state index contributed by atoms with van der Waals surface area (Å²) in [5.74, 6) is 0.103. The maximum atomic E-state index is 10.9. The topological polar surface area (TPSA) is 58.6 Å². The number of rotatable bonds is 6. The number of hydrogen-bond acceptors (Lipinski definition) is 3. The first-order chi connectivity index (χ1) is 10.1. The quantitative estimate of drug-likeness (QED) is 0.846. The van der Waals surface area contributed by atoms with Gasteiger partial charge in [-0.25, -0.2) is 0 Å². The van der Waals surface area contributed by atoms with Crippen LogP contribution in [-0.2, 0) is 11.2 Å². The summed E-state index contributed by atoms with van der Waals surface area (Å²) in [6, 6.07) is 9.01. The highest BCUT2D eigenvalue weighted by atomic mass is 16.5. The Morgan fingerprint density at radius 2 is 1.90 bits per heavy atom. The molecule has 0 radical (unpaired) electrons. The Labute approximate surface area is 126 Å². The minimum Gasteiger partial charge on any atom is -0.497 e. The molecule has 0 amide bonds. The Kier molecular flexibility index (Phi) is 5.62. The largest absolute Gasteiger partial charge is 0.497 e. The smallest absolute Gasteiger partial charge is 0.306 e. The van der Waals surface area contributed by atoms with Gasteiger partial charge in [0.1, 0.15) is 5.75 Å². The average Bonchev–Trinajstić information content (AvgIpc) is 2.48. The van der Waals surface area contributed by atoms with Crippen LogP contribution in [0.3, 0.4) is 0 Å². The lowest BCUT2D eigenvalue weighted by atomic mass is 9.85. The fourth-order valence-corrected chi connectivity index (χ4v) is 3.08. The van der Waals surface area contributed by atoms with Crippen molar-refractivity contribution >= 4 is 5.97 Å². The molecule has 0 bridgehead atoms. The summed E-state index contributed by atoms with van der Waals surface area (Å²) >= 11 is 0. The first-order valence-corrected chi connectivity index (χ1v) is 7.70. The third-order valence-electron chi connectivity index (χ3n) is 4.30. The number of nitrogens with one attached hydrogen (secondary N) is 1. The number of ether oxygens (including phenoxy) is 1. The van der Waals surface area contributed by atoms with E-state index >= 15 is 0 Å². The second kappa shape index (κ2) is 7.46. The number of hydrogen-bond donors (Lipinski definition) is 2. The summed E-state index contributed by atoms with van der Waals surface area (Å²) in [4.78, 5) is 10.9. The standard InChI is InChI=1S/C17H25NO3/c1-12(11-13-3-9-16(21-2)10-4-13)18-15-7-5-14(6-8-15)17(19)20/h3-4,9-10,12,14-15,18H,5-8,11H2,1-2H3,(H,19,20). The van der Waals surface area contributed by atoms with Crippen LogP contribution in [0.5, 0.6) is 5.75 Å². The van der Waals surface area contributed by atoms with Gasteiger partial charge >= 0.3 is 5.97 Å². The lowest BCUT2D eigenvalue weighted by molar-refractivity contribution is -0.142. The van der Waals surface area contributed by atoms with Crippen LogP contribution in [-0.4, -0.2) is 30.3 Å². The van der Waals surface area contributed by atoms with Crippen LogP contribution >= 0.6 is 0 Å². The van der Waals surface area contributed by atoms with Crippen molar-refractivity contribution in [2.75, 3.05) is 7.11 Å². The molecule has 4 nitrogen and oxygen atoms in total. The maximum absolute atomic E-state index is 10.9. The van der Waals surface area contributed by atoms with Gasteiger partial charge in [0.15, 0.2) is 0 Å². The van der Waals surface area contributed by atoms with E-state index in [0.29, 0.717) is 12.1 Å². The third-order valence-corrected chi connectivity index (χ3v) is 4.30. The lowest BCUT2D eigenvalue weighted by Crippen LogP contribution is -2.40. The highest BCUT2D eigenvalue weighted by Gasteiger charge is 2.26. The van der Waals surface area contributed by atoms with Crippen LogP contribution in [0, 0.1) is 5.92 Å². The average molecular weight is 291 g/mol. The molecule has 116 valence electrons. The Balaban J connectivity index is 1.76. The van der Waals surface area contributed by atoms with Gasteiger partial charge in [-0.2, -0.15) is 0 Å². The molecule has 21 heavy (non-hydrogen) atoms. The number of carboxylic acid groups (broad SMARTS) is 1. The molecule has 0 aromatic heterocycles. The van der Waals surface area contributed by atoms with Gasteiger partial charge in [-0.1, -0.05) is 12.1 Å². The van der Waals surface area contributed by atoms with Gasteiger partial charge in [0.25, 0.3) is 0 Å². The molecule has 2 rings (SSSR count). The van der Waals surface area contributed by atoms with E-state index in [-0.39, 0.29) is 5.92 Å². The summed E-state index contributed by atoms with van der Waals surface area (Å²) in [5.41, 5.74) is 1.29. The van der Waals surface area contributed by atoms with Crippen LogP contribution < -0.4 is 10.1 Å². The van der Waals surface area contributed by atoms with Gasteiger partial charge in [-0.05, 0) is 56.7 Å². The van der Waals surface area contributed by atoms with Gasteiger partial charge in [-0.3, -0.25) is 4.79 Å². The molecule has 1 unspecified atom stereocenters. The number of carboxylic acids is 1. The van der Waals surface area contributed by atoms with E-state index in [1.54, 1.807) is 7.11 Å². The molecular weight excluding hydrogens is 266 g/mol. The van der Waals surface area contributed by atoms with Gasteiger partial charge in [0.05, 0.1) is 13.0 Å². The van der Waals surface area contributed by atoms with Crippen molar-refractivity contribution in [1.82, 2.24) is 5.32 Å². The van der Waals surface area contributed by atoms with Crippen molar-refractivity contribution in [1.29, 1.82) is 0 Å². The third kappa shape index (κ3) is 4.74. The Morgan fingerprint density at radius 3 is 2.43 bits per heavy atom. The zero-order chi connectivity index (χ0) is 15.2. The van der Waals surface area contributed by atoms with E-state index < -0.39 is 5.97 Å². The predicted molar refractivity (Wildman–Crippen MR) is 82.7 cm³/mol. The van der Waals surface area contributed by atoms with E-state index in [4.69, 9.17) is 9.84 Å². The van der Waals surface area contributed by atoms with Gasteiger partial charge in [0, 0.05) is 12.1 Å². The second-order valence-corrected chi connectivity index (χ2v) is 6.01. The monoisotopic (exact) mass is 291 g/mol. The summed E-state index contributed by atoms with van der Waals surface area (Å²) in [7, 11) is 1.67. The number of aliphatic carboxylic acids is 1. The molecule has 0 spiro atoms. The van der Waals surface area contributed by atoms with E-state index in [0.717, 1.165) is 37.9 Å². The molecule has 1 aromatic carbocycles. The molecule has 1 aliphatic rings. The first-order valence-electron chi connectivity index (χ1n) is 7.70. The maximum Gasteiger partial charge on any atom is 0.306 e. The predicted octanol–water partition coefficient (Wildman–Crippen LogP) is 2.86. The highest BCUT2D eigenvalue weighted by molar-refractivity contribution is 5.70. The normalized spacial score (nSPS) is 23.5. The highest BCUT2D eigenvalue weighted by Crippen LogP contribution is 2.25. The van der Waals surface area contributed by atoms with Crippen LogP contribution in [0.25, 0.3) is 0 Å². The molecule has 0 aliphatic heterocycles. The molecule has 0 saturated heterocycles. The Morgan fingerprint density at radius 1 is 1.29 bits per heavy atom. The van der Waals surface area contributed by atoms with Crippen LogP contribution in [0.1, 0.15) is 38.2 Å². The van der Waals surface area contributed by atoms with E-state index in [2.05, 4.69) is 24.4 Å². The lowest BCUT2D eigenvalue weighted by Gasteiger charge is -2.29. The molecule has 1 aliphatic carbocycles. The van der Waals surface area contributed by atoms with Gasteiger partial charge in [-0.15, -0.1) is 0 Å². The fourth-order valence-electron chi connectivity index (χ4n) is 3.08. The number of carbonyl (C=O) groups is 1. The van der Waals surface area contributed by atoms with Gasteiger partial charge < -0.3 is 15.2 Å².